The van der Waals surface area contributed by atoms with Crippen LogP contribution >= 0.6 is 0 Å². The number of anilines is 1. The molecule has 4 nitrogen and oxygen atoms in total. The highest BCUT2D eigenvalue weighted by Crippen LogP contribution is 2.49. The zero-order valence-corrected chi connectivity index (χ0v) is 10.7. The molecule has 18 heavy (non-hydrogen) atoms. The minimum Gasteiger partial charge on any atom is -0.381 e. The summed E-state index contributed by atoms with van der Waals surface area (Å²) in [7, 11) is 0. The number of aryl methyl sites for hydroxylation is 1. The molecule has 0 amide bonds. The van der Waals surface area contributed by atoms with Gasteiger partial charge in [-0.25, -0.2) is 0 Å². The molecule has 1 aliphatic carbocycles. The summed E-state index contributed by atoms with van der Waals surface area (Å²) in [6.07, 6.45) is 1.35. The van der Waals surface area contributed by atoms with Gasteiger partial charge in [-0.3, -0.25) is 0 Å². The van der Waals surface area contributed by atoms with Gasteiger partial charge in [-0.2, -0.15) is 5.10 Å². The Balaban J connectivity index is 1.53. The first kappa shape index (κ1) is 10.7. The van der Waals surface area contributed by atoms with Crippen molar-refractivity contribution in [2.45, 2.75) is 13.3 Å². The van der Waals surface area contributed by atoms with Crippen molar-refractivity contribution in [3.05, 3.63) is 17.8 Å². The molecule has 0 N–H and O–H groups in total. The van der Waals surface area contributed by atoms with Crippen molar-refractivity contribution < 1.29 is 4.74 Å². The molecule has 1 aromatic rings. The average molecular weight is 245 g/mol. The van der Waals surface area contributed by atoms with Crippen LogP contribution in [0.1, 0.15) is 12.1 Å². The van der Waals surface area contributed by atoms with E-state index >= 15 is 0 Å². The van der Waals surface area contributed by atoms with Crippen LogP contribution in [0.25, 0.3) is 0 Å². The quantitative estimate of drug-likeness (QED) is 0.751. The Morgan fingerprint density at radius 3 is 2.89 bits per heavy atom. The standard InChI is InChI=1S/C14H19N3O/c1-9-2-3-14(16-15-9)17-5-10-4-11-7-18-8-13(11)12(10)6-17/h2-3,10-13H,4-8H2,1H3/t10-,11+,12+,13-/m0/s1. The molecular weight excluding hydrogens is 226 g/mol. The van der Waals surface area contributed by atoms with Crippen LogP contribution < -0.4 is 4.90 Å². The summed E-state index contributed by atoms with van der Waals surface area (Å²) in [5.41, 5.74) is 0.988. The van der Waals surface area contributed by atoms with Gasteiger partial charge >= 0.3 is 0 Å². The van der Waals surface area contributed by atoms with Crippen LogP contribution in [0, 0.1) is 30.6 Å². The summed E-state index contributed by atoms with van der Waals surface area (Å²) >= 11 is 0. The SMILES string of the molecule is Cc1ccc(N2C[C@@H]3C[C@@H]4COC[C@@H]4[C@@H]3C2)nn1. The lowest BCUT2D eigenvalue weighted by Gasteiger charge is -2.20. The van der Waals surface area contributed by atoms with Crippen molar-refractivity contribution in [3.8, 4) is 0 Å². The third-order valence-corrected chi connectivity index (χ3v) is 5.00. The van der Waals surface area contributed by atoms with E-state index in [2.05, 4.69) is 27.2 Å². The lowest BCUT2D eigenvalue weighted by atomic mass is 9.91. The van der Waals surface area contributed by atoms with Gasteiger partial charge in [0.25, 0.3) is 0 Å². The van der Waals surface area contributed by atoms with Gasteiger partial charge < -0.3 is 9.64 Å². The number of nitrogens with zero attached hydrogens (tertiary/aromatic N) is 3. The normalized spacial score (nSPS) is 37.9. The van der Waals surface area contributed by atoms with Crippen LogP contribution in [0.2, 0.25) is 0 Å². The second-order valence-corrected chi connectivity index (χ2v) is 6.06. The van der Waals surface area contributed by atoms with E-state index in [0.29, 0.717) is 0 Å². The first-order valence-electron chi connectivity index (χ1n) is 6.94. The Morgan fingerprint density at radius 2 is 2.06 bits per heavy atom. The van der Waals surface area contributed by atoms with Crippen LogP contribution in [0.4, 0.5) is 5.82 Å². The Bertz CT molecular complexity index is 447. The van der Waals surface area contributed by atoms with Gasteiger partial charge in [0.1, 0.15) is 0 Å². The molecule has 96 valence electrons. The molecule has 4 rings (SSSR count). The summed E-state index contributed by atoms with van der Waals surface area (Å²) in [4.78, 5) is 2.41. The average Bonchev–Trinajstić information content (AvgIpc) is 3.00. The molecule has 2 saturated heterocycles. The number of ether oxygens (including phenoxy) is 1. The predicted octanol–water partition coefficient (Wildman–Crippen LogP) is 1.50. The van der Waals surface area contributed by atoms with E-state index in [9.17, 15) is 0 Å². The minimum atomic E-state index is 0.804. The van der Waals surface area contributed by atoms with Gasteiger partial charge in [0.2, 0.25) is 0 Å². The van der Waals surface area contributed by atoms with E-state index in [-0.39, 0.29) is 0 Å². The van der Waals surface area contributed by atoms with E-state index in [1.807, 2.05) is 6.92 Å². The van der Waals surface area contributed by atoms with E-state index in [4.69, 9.17) is 4.74 Å². The zero-order valence-electron chi connectivity index (χ0n) is 10.7. The molecule has 0 bridgehead atoms. The minimum absolute atomic E-state index is 0.804. The van der Waals surface area contributed by atoms with Crippen molar-refractivity contribution in [2.75, 3.05) is 31.2 Å². The summed E-state index contributed by atoms with van der Waals surface area (Å²) in [6, 6.07) is 4.16. The predicted molar refractivity (Wildman–Crippen MR) is 68.4 cm³/mol. The van der Waals surface area contributed by atoms with Crippen LogP contribution in [0.3, 0.4) is 0 Å². The van der Waals surface area contributed by atoms with Crippen molar-refractivity contribution >= 4 is 5.82 Å². The van der Waals surface area contributed by atoms with Gasteiger partial charge in [-0.1, -0.05) is 0 Å². The summed E-state index contributed by atoms with van der Waals surface area (Å²) in [6.45, 7) is 6.28. The summed E-state index contributed by atoms with van der Waals surface area (Å²) < 4.78 is 5.63. The highest BCUT2D eigenvalue weighted by Gasteiger charge is 2.50. The smallest absolute Gasteiger partial charge is 0.151 e. The lowest BCUT2D eigenvalue weighted by molar-refractivity contribution is 0.158. The molecule has 4 atom stereocenters. The van der Waals surface area contributed by atoms with E-state index in [0.717, 1.165) is 61.5 Å². The topological polar surface area (TPSA) is 38.2 Å². The fourth-order valence-electron chi connectivity index (χ4n) is 4.10. The Hall–Kier alpha value is -1.16. The highest BCUT2D eigenvalue weighted by atomic mass is 16.5. The fraction of sp³-hybridized carbons (Fsp3) is 0.714. The molecule has 0 radical (unpaired) electrons. The van der Waals surface area contributed by atoms with Crippen LogP contribution in [0.15, 0.2) is 12.1 Å². The molecule has 1 aromatic heterocycles. The maximum absolute atomic E-state index is 5.63. The summed E-state index contributed by atoms with van der Waals surface area (Å²) in [5.74, 6) is 4.36. The van der Waals surface area contributed by atoms with E-state index in [1.165, 1.54) is 6.42 Å². The fourth-order valence-corrected chi connectivity index (χ4v) is 4.10. The zero-order chi connectivity index (χ0) is 12.1. The third kappa shape index (κ3) is 1.55. The number of hydrogen-bond donors (Lipinski definition) is 0. The first-order chi connectivity index (χ1) is 8.81. The Morgan fingerprint density at radius 1 is 1.11 bits per heavy atom. The maximum Gasteiger partial charge on any atom is 0.151 e. The van der Waals surface area contributed by atoms with Gasteiger partial charge in [-0.15, -0.1) is 5.10 Å². The van der Waals surface area contributed by atoms with E-state index < -0.39 is 0 Å². The highest BCUT2D eigenvalue weighted by molar-refractivity contribution is 5.39. The largest absolute Gasteiger partial charge is 0.381 e. The van der Waals surface area contributed by atoms with Crippen LogP contribution in [-0.2, 0) is 4.74 Å². The number of fused-ring (bicyclic) bond motifs is 3. The Labute approximate surface area is 107 Å². The molecule has 0 spiro atoms. The molecule has 0 aromatic carbocycles. The molecule has 3 heterocycles. The van der Waals surface area contributed by atoms with Gasteiger partial charge in [0, 0.05) is 19.7 Å². The van der Waals surface area contributed by atoms with Crippen LogP contribution in [0.5, 0.6) is 0 Å². The number of aromatic nitrogens is 2. The lowest BCUT2D eigenvalue weighted by Crippen LogP contribution is -2.25. The second kappa shape index (κ2) is 3.92. The van der Waals surface area contributed by atoms with E-state index in [1.54, 1.807) is 0 Å². The van der Waals surface area contributed by atoms with Gasteiger partial charge in [-0.05, 0) is 49.1 Å². The number of rotatable bonds is 1. The molecule has 2 aliphatic heterocycles. The molecule has 3 aliphatic rings. The van der Waals surface area contributed by atoms with Gasteiger partial charge in [0.15, 0.2) is 5.82 Å². The second-order valence-electron chi connectivity index (χ2n) is 6.06. The molecule has 1 saturated carbocycles. The van der Waals surface area contributed by atoms with Gasteiger partial charge in [0.05, 0.1) is 12.3 Å². The number of hydrogen-bond acceptors (Lipinski definition) is 4. The van der Waals surface area contributed by atoms with Crippen molar-refractivity contribution in [1.29, 1.82) is 0 Å². The summed E-state index contributed by atoms with van der Waals surface area (Å²) in [5, 5.41) is 8.49. The first-order valence-corrected chi connectivity index (χ1v) is 6.94. The molecular formula is C14H19N3O. The maximum atomic E-state index is 5.63. The van der Waals surface area contributed by atoms with Crippen molar-refractivity contribution in [1.82, 2.24) is 10.2 Å². The van der Waals surface area contributed by atoms with Crippen molar-refractivity contribution in [3.63, 3.8) is 0 Å². The monoisotopic (exact) mass is 245 g/mol. The Kier molecular flexibility index (Phi) is 2.34. The molecule has 0 unspecified atom stereocenters. The van der Waals surface area contributed by atoms with Crippen molar-refractivity contribution in [2.24, 2.45) is 23.7 Å². The molecule has 3 fully saturated rings. The molecule has 4 heteroatoms. The third-order valence-electron chi connectivity index (χ3n) is 5.00. The van der Waals surface area contributed by atoms with Crippen LogP contribution in [-0.4, -0.2) is 36.5 Å².